The second kappa shape index (κ2) is 5.53. The Labute approximate surface area is 126 Å². The number of hydrogen-bond acceptors (Lipinski definition) is 0. The fourth-order valence-electron chi connectivity index (χ4n) is 2.65. The Hall–Kier alpha value is -2.41. The molecule has 0 unspecified atom stereocenters. The molecule has 0 spiro atoms. The normalized spacial score (nSPS) is 10.6. The molecule has 1 heteroatoms. The van der Waals surface area contributed by atoms with Crippen molar-refractivity contribution >= 4 is 0 Å². The van der Waals surface area contributed by atoms with E-state index < -0.39 is 0 Å². The van der Waals surface area contributed by atoms with Crippen molar-refractivity contribution in [3.05, 3.63) is 78.0 Å². The predicted molar refractivity (Wildman–Crippen MR) is 88.0 cm³/mol. The van der Waals surface area contributed by atoms with E-state index in [9.17, 15) is 0 Å². The number of pyridine rings is 1. The second-order valence-corrected chi connectivity index (χ2v) is 5.60. The van der Waals surface area contributed by atoms with Crippen LogP contribution in [0.2, 0.25) is 0 Å². The van der Waals surface area contributed by atoms with E-state index in [0.717, 1.165) is 0 Å². The van der Waals surface area contributed by atoms with Gasteiger partial charge in [-0.2, -0.15) is 0 Å². The Balaban J connectivity index is 2.17. The highest BCUT2D eigenvalue weighted by Gasteiger charge is 2.13. The highest BCUT2D eigenvalue weighted by atomic mass is 14.9. The van der Waals surface area contributed by atoms with Gasteiger partial charge in [-0.3, -0.25) is 0 Å². The standard InChI is InChI=1S/C20H20N/c1-15-11-12-21(3)20(13-15)19-14-18(10-9-16(19)2)17-7-5-4-6-8-17/h4-14H,1-3H3/q+1. The number of benzene rings is 2. The average Bonchev–Trinajstić information content (AvgIpc) is 2.51. The summed E-state index contributed by atoms with van der Waals surface area (Å²) < 4.78 is 2.18. The molecule has 2 aromatic carbocycles. The molecule has 0 fully saturated rings. The lowest BCUT2D eigenvalue weighted by atomic mass is 9.97. The number of hydrogen-bond donors (Lipinski definition) is 0. The maximum absolute atomic E-state index is 2.29. The lowest BCUT2D eigenvalue weighted by Crippen LogP contribution is -2.30. The van der Waals surface area contributed by atoms with Crippen molar-refractivity contribution in [2.75, 3.05) is 0 Å². The van der Waals surface area contributed by atoms with Crippen LogP contribution in [-0.2, 0) is 7.05 Å². The van der Waals surface area contributed by atoms with Crippen molar-refractivity contribution in [2.45, 2.75) is 13.8 Å². The molecule has 104 valence electrons. The molecule has 0 saturated carbocycles. The van der Waals surface area contributed by atoms with Crippen LogP contribution in [0.5, 0.6) is 0 Å². The second-order valence-electron chi connectivity index (χ2n) is 5.60. The Morgan fingerprint density at radius 2 is 1.52 bits per heavy atom. The minimum Gasteiger partial charge on any atom is -0.201 e. The van der Waals surface area contributed by atoms with Crippen LogP contribution in [0.25, 0.3) is 22.4 Å². The summed E-state index contributed by atoms with van der Waals surface area (Å²) in [5.41, 5.74) is 7.66. The summed E-state index contributed by atoms with van der Waals surface area (Å²) >= 11 is 0. The first-order chi connectivity index (χ1) is 10.1. The molecule has 0 amide bonds. The molecule has 0 aliphatic heterocycles. The molecule has 1 aromatic heterocycles. The van der Waals surface area contributed by atoms with E-state index in [1.54, 1.807) is 0 Å². The molecular weight excluding hydrogens is 254 g/mol. The molecule has 0 aliphatic carbocycles. The summed E-state index contributed by atoms with van der Waals surface area (Å²) in [6, 6.07) is 21.6. The number of nitrogens with zero attached hydrogens (tertiary/aromatic N) is 1. The zero-order valence-electron chi connectivity index (χ0n) is 12.8. The van der Waals surface area contributed by atoms with Gasteiger partial charge >= 0.3 is 0 Å². The smallest absolute Gasteiger partial charge is 0.201 e. The molecule has 0 aliphatic rings. The van der Waals surface area contributed by atoms with Crippen LogP contribution in [0, 0.1) is 13.8 Å². The third-order valence-corrected chi connectivity index (χ3v) is 3.93. The Morgan fingerprint density at radius 1 is 0.762 bits per heavy atom. The van der Waals surface area contributed by atoms with Crippen molar-refractivity contribution in [3.63, 3.8) is 0 Å². The summed E-state index contributed by atoms with van der Waals surface area (Å²) in [5.74, 6) is 0. The molecule has 21 heavy (non-hydrogen) atoms. The topological polar surface area (TPSA) is 3.88 Å². The van der Waals surface area contributed by atoms with Crippen LogP contribution in [0.4, 0.5) is 0 Å². The molecule has 0 bridgehead atoms. The van der Waals surface area contributed by atoms with E-state index in [0.29, 0.717) is 0 Å². The maximum Gasteiger partial charge on any atom is 0.212 e. The summed E-state index contributed by atoms with van der Waals surface area (Å²) in [7, 11) is 2.10. The fourth-order valence-corrected chi connectivity index (χ4v) is 2.65. The SMILES string of the molecule is Cc1cc[n+](C)c(-c2cc(-c3ccccc3)ccc2C)c1. The zero-order valence-corrected chi connectivity index (χ0v) is 12.8. The molecular formula is C20H20N+. The Kier molecular flexibility index (Phi) is 3.57. The molecule has 0 atom stereocenters. The maximum atomic E-state index is 2.29. The van der Waals surface area contributed by atoms with Gasteiger partial charge < -0.3 is 0 Å². The number of aryl methyl sites for hydroxylation is 3. The van der Waals surface area contributed by atoms with Crippen LogP contribution in [0.15, 0.2) is 66.9 Å². The molecule has 3 rings (SSSR count). The molecule has 1 nitrogen and oxygen atoms in total. The zero-order chi connectivity index (χ0) is 14.8. The van der Waals surface area contributed by atoms with E-state index in [-0.39, 0.29) is 0 Å². The van der Waals surface area contributed by atoms with Gasteiger partial charge in [0.1, 0.15) is 7.05 Å². The largest absolute Gasteiger partial charge is 0.212 e. The van der Waals surface area contributed by atoms with E-state index in [1.807, 2.05) is 0 Å². The Morgan fingerprint density at radius 3 is 2.29 bits per heavy atom. The lowest BCUT2D eigenvalue weighted by molar-refractivity contribution is -0.660. The van der Waals surface area contributed by atoms with Crippen molar-refractivity contribution in [1.82, 2.24) is 0 Å². The van der Waals surface area contributed by atoms with E-state index in [4.69, 9.17) is 0 Å². The first-order valence-electron chi connectivity index (χ1n) is 7.28. The van der Waals surface area contributed by atoms with Crippen LogP contribution in [-0.4, -0.2) is 0 Å². The van der Waals surface area contributed by atoms with Gasteiger partial charge in [0.15, 0.2) is 6.20 Å². The van der Waals surface area contributed by atoms with Gasteiger partial charge in [0.2, 0.25) is 5.69 Å². The molecule has 1 heterocycles. The summed E-state index contributed by atoms with van der Waals surface area (Å²) in [6.45, 7) is 4.31. The van der Waals surface area contributed by atoms with Gasteiger partial charge in [-0.25, -0.2) is 4.57 Å². The van der Waals surface area contributed by atoms with E-state index in [2.05, 4.69) is 92.3 Å². The molecule has 0 radical (unpaired) electrons. The van der Waals surface area contributed by atoms with E-state index in [1.165, 1.54) is 33.5 Å². The summed E-state index contributed by atoms with van der Waals surface area (Å²) in [5, 5.41) is 0. The van der Waals surface area contributed by atoms with Gasteiger partial charge in [0.05, 0.1) is 0 Å². The van der Waals surface area contributed by atoms with Crippen molar-refractivity contribution in [2.24, 2.45) is 7.05 Å². The van der Waals surface area contributed by atoms with E-state index >= 15 is 0 Å². The first kappa shape index (κ1) is 13.6. The average molecular weight is 274 g/mol. The minimum absolute atomic E-state index is 1.25. The summed E-state index contributed by atoms with van der Waals surface area (Å²) in [4.78, 5) is 0. The van der Waals surface area contributed by atoms with Crippen LogP contribution in [0.1, 0.15) is 11.1 Å². The fraction of sp³-hybridized carbons (Fsp3) is 0.150. The van der Waals surface area contributed by atoms with Crippen molar-refractivity contribution in [1.29, 1.82) is 0 Å². The predicted octanol–water partition coefficient (Wildman–Crippen LogP) is 4.46. The first-order valence-corrected chi connectivity index (χ1v) is 7.28. The number of aromatic nitrogens is 1. The van der Waals surface area contributed by atoms with Gasteiger partial charge in [0, 0.05) is 17.7 Å². The van der Waals surface area contributed by atoms with Gasteiger partial charge in [0.25, 0.3) is 0 Å². The van der Waals surface area contributed by atoms with Crippen LogP contribution in [0.3, 0.4) is 0 Å². The van der Waals surface area contributed by atoms with Crippen molar-refractivity contribution < 1.29 is 4.57 Å². The third-order valence-electron chi connectivity index (χ3n) is 3.93. The monoisotopic (exact) mass is 274 g/mol. The minimum atomic E-state index is 1.25. The van der Waals surface area contributed by atoms with Gasteiger partial charge in [-0.15, -0.1) is 0 Å². The number of rotatable bonds is 2. The molecule has 3 aromatic rings. The third kappa shape index (κ3) is 2.73. The quantitative estimate of drug-likeness (QED) is 0.607. The highest BCUT2D eigenvalue weighted by Crippen LogP contribution is 2.27. The molecule has 0 N–H and O–H groups in total. The Bertz CT molecular complexity index is 773. The van der Waals surface area contributed by atoms with Crippen molar-refractivity contribution in [3.8, 4) is 22.4 Å². The molecule has 0 saturated heterocycles. The summed E-state index contributed by atoms with van der Waals surface area (Å²) in [6.07, 6.45) is 2.12. The van der Waals surface area contributed by atoms with Gasteiger partial charge in [-0.1, -0.05) is 42.5 Å². The van der Waals surface area contributed by atoms with Crippen LogP contribution < -0.4 is 4.57 Å². The van der Waals surface area contributed by atoms with Crippen LogP contribution >= 0.6 is 0 Å². The lowest BCUT2D eigenvalue weighted by Gasteiger charge is -2.08. The van der Waals surface area contributed by atoms with Gasteiger partial charge in [-0.05, 0) is 42.2 Å². The highest BCUT2D eigenvalue weighted by molar-refractivity contribution is 5.72.